The monoisotopic (exact) mass is 193 g/mol. The Labute approximate surface area is 85.9 Å². The maximum atomic E-state index is 9.48. The molecule has 0 atom stereocenters. The van der Waals surface area contributed by atoms with Crippen molar-refractivity contribution in [1.82, 2.24) is 4.57 Å². The number of hydrogen-bond acceptors (Lipinski definition) is 1. The van der Waals surface area contributed by atoms with Crippen LogP contribution in [0.15, 0.2) is 24.5 Å². The highest BCUT2D eigenvalue weighted by atomic mass is 16.3. The first-order valence-corrected chi connectivity index (χ1v) is 4.98. The van der Waals surface area contributed by atoms with Crippen LogP contribution in [0.3, 0.4) is 0 Å². The number of hydrogen-bond donors (Lipinski definition) is 1. The van der Waals surface area contributed by atoms with Gasteiger partial charge < -0.3 is 9.67 Å². The largest absolute Gasteiger partial charge is 0.390 e. The van der Waals surface area contributed by atoms with Gasteiger partial charge in [-0.2, -0.15) is 0 Å². The molecule has 0 fully saturated rings. The fourth-order valence-electron chi connectivity index (χ4n) is 1.28. The van der Waals surface area contributed by atoms with Crippen LogP contribution in [0.4, 0.5) is 0 Å². The number of aryl methyl sites for hydroxylation is 1. The first kappa shape index (κ1) is 11.1. The number of aliphatic hydroxyl groups is 1. The van der Waals surface area contributed by atoms with Gasteiger partial charge in [0.25, 0.3) is 0 Å². The van der Waals surface area contributed by atoms with E-state index in [2.05, 4.69) is 24.4 Å². The van der Waals surface area contributed by atoms with E-state index in [9.17, 15) is 5.11 Å². The lowest BCUT2D eigenvalue weighted by atomic mass is 10.0. The maximum Gasteiger partial charge on any atom is 0.0594 e. The minimum atomic E-state index is -0.555. The van der Waals surface area contributed by atoms with Gasteiger partial charge in [0.15, 0.2) is 0 Å². The second-order valence-corrected chi connectivity index (χ2v) is 4.36. The van der Waals surface area contributed by atoms with Gasteiger partial charge in [-0.15, -0.1) is 0 Å². The van der Waals surface area contributed by atoms with Gasteiger partial charge in [-0.05, 0) is 38.3 Å². The van der Waals surface area contributed by atoms with E-state index in [1.807, 2.05) is 31.7 Å². The Morgan fingerprint density at radius 3 is 2.71 bits per heavy atom. The molecule has 0 aliphatic carbocycles. The maximum absolute atomic E-state index is 9.48. The average molecular weight is 193 g/mol. The Morgan fingerprint density at radius 2 is 2.21 bits per heavy atom. The fraction of sp³-hybridized carbons (Fsp3) is 0.500. The molecule has 1 aromatic heterocycles. The molecular formula is C12H19NO. The van der Waals surface area contributed by atoms with Crippen LogP contribution < -0.4 is 0 Å². The number of nitrogens with zero attached hydrogens (tertiary/aromatic N) is 1. The van der Waals surface area contributed by atoms with E-state index in [1.54, 1.807) is 0 Å². The van der Waals surface area contributed by atoms with E-state index in [0.717, 1.165) is 12.8 Å². The number of rotatable bonds is 4. The summed E-state index contributed by atoms with van der Waals surface area (Å²) >= 11 is 0. The second-order valence-electron chi connectivity index (χ2n) is 4.36. The van der Waals surface area contributed by atoms with Crippen molar-refractivity contribution >= 4 is 6.08 Å². The topological polar surface area (TPSA) is 25.2 Å². The lowest BCUT2D eigenvalue weighted by molar-refractivity contribution is 0.0722. The molecular weight excluding hydrogens is 174 g/mol. The zero-order chi connectivity index (χ0) is 10.6. The van der Waals surface area contributed by atoms with Crippen molar-refractivity contribution < 1.29 is 5.11 Å². The molecule has 0 saturated carbocycles. The van der Waals surface area contributed by atoms with Crippen LogP contribution in [0.1, 0.15) is 32.3 Å². The molecule has 0 unspecified atom stereocenters. The third kappa shape index (κ3) is 4.28. The molecule has 0 saturated heterocycles. The summed E-state index contributed by atoms with van der Waals surface area (Å²) in [6.07, 6.45) is 10.0. The highest BCUT2D eigenvalue weighted by Crippen LogP contribution is 2.11. The van der Waals surface area contributed by atoms with Gasteiger partial charge in [0.05, 0.1) is 5.60 Å². The lowest BCUT2D eigenvalue weighted by Crippen LogP contribution is -2.17. The Morgan fingerprint density at radius 1 is 1.50 bits per heavy atom. The van der Waals surface area contributed by atoms with Crippen molar-refractivity contribution in [1.29, 1.82) is 0 Å². The summed E-state index contributed by atoms with van der Waals surface area (Å²) in [5, 5.41) is 9.48. The lowest BCUT2D eigenvalue weighted by Gasteiger charge is -2.14. The van der Waals surface area contributed by atoms with Crippen LogP contribution in [0.25, 0.3) is 6.08 Å². The van der Waals surface area contributed by atoms with Crippen molar-refractivity contribution in [2.75, 3.05) is 0 Å². The van der Waals surface area contributed by atoms with Crippen molar-refractivity contribution in [2.45, 2.75) is 32.3 Å². The highest BCUT2D eigenvalue weighted by Gasteiger charge is 2.09. The third-order valence-electron chi connectivity index (χ3n) is 2.09. The fourth-order valence-corrected chi connectivity index (χ4v) is 1.28. The van der Waals surface area contributed by atoms with Gasteiger partial charge >= 0.3 is 0 Å². The Hall–Kier alpha value is -1.02. The van der Waals surface area contributed by atoms with Crippen LogP contribution >= 0.6 is 0 Å². The van der Waals surface area contributed by atoms with Crippen LogP contribution in [0.5, 0.6) is 0 Å². The standard InChI is InChI=1S/C12H19NO/c1-12(2,14)8-5-4-6-11-7-9-13(3)10-11/h4,6-7,9-10,14H,5,8H2,1-3H3/b6-4+. The second kappa shape index (κ2) is 4.47. The highest BCUT2D eigenvalue weighted by molar-refractivity contribution is 5.47. The molecule has 1 heterocycles. The van der Waals surface area contributed by atoms with Crippen molar-refractivity contribution in [2.24, 2.45) is 7.05 Å². The Kier molecular flexibility index (Phi) is 3.53. The Bertz CT molecular complexity index is 304. The molecule has 0 amide bonds. The third-order valence-corrected chi connectivity index (χ3v) is 2.09. The number of aromatic nitrogens is 1. The van der Waals surface area contributed by atoms with Gasteiger partial charge in [0, 0.05) is 19.4 Å². The van der Waals surface area contributed by atoms with Crippen LogP contribution in [-0.2, 0) is 7.05 Å². The van der Waals surface area contributed by atoms with Gasteiger partial charge in [-0.1, -0.05) is 12.2 Å². The smallest absolute Gasteiger partial charge is 0.0594 e. The summed E-state index contributed by atoms with van der Waals surface area (Å²) in [6, 6.07) is 2.07. The molecule has 1 aromatic rings. The first-order chi connectivity index (χ1) is 6.47. The molecule has 0 spiro atoms. The quantitative estimate of drug-likeness (QED) is 0.781. The average Bonchev–Trinajstić information content (AvgIpc) is 2.44. The van der Waals surface area contributed by atoms with E-state index in [4.69, 9.17) is 0 Å². The van der Waals surface area contributed by atoms with Crippen molar-refractivity contribution in [3.05, 3.63) is 30.1 Å². The van der Waals surface area contributed by atoms with Crippen LogP contribution in [0, 0.1) is 0 Å². The van der Waals surface area contributed by atoms with E-state index >= 15 is 0 Å². The molecule has 0 aliphatic rings. The zero-order valence-corrected chi connectivity index (χ0v) is 9.20. The van der Waals surface area contributed by atoms with Crippen molar-refractivity contribution in [3.63, 3.8) is 0 Å². The molecule has 0 aliphatic heterocycles. The van der Waals surface area contributed by atoms with Gasteiger partial charge in [-0.3, -0.25) is 0 Å². The normalized spacial score (nSPS) is 12.6. The molecule has 1 N–H and O–H groups in total. The van der Waals surface area contributed by atoms with E-state index < -0.39 is 5.60 Å². The minimum Gasteiger partial charge on any atom is -0.390 e. The zero-order valence-electron chi connectivity index (χ0n) is 9.20. The van der Waals surface area contributed by atoms with Crippen LogP contribution in [-0.4, -0.2) is 15.3 Å². The summed E-state index contributed by atoms with van der Waals surface area (Å²) in [4.78, 5) is 0. The molecule has 1 rings (SSSR count). The minimum absolute atomic E-state index is 0.555. The molecule has 0 radical (unpaired) electrons. The van der Waals surface area contributed by atoms with Gasteiger partial charge in [-0.25, -0.2) is 0 Å². The van der Waals surface area contributed by atoms with E-state index in [0.29, 0.717) is 0 Å². The molecule has 78 valence electrons. The molecule has 2 heteroatoms. The van der Waals surface area contributed by atoms with Gasteiger partial charge in [0.2, 0.25) is 0 Å². The predicted octanol–water partition coefficient (Wildman–Crippen LogP) is 2.59. The van der Waals surface area contributed by atoms with Gasteiger partial charge in [0.1, 0.15) is 0 Å². The molecule has 0 aromatic carbocycles. The molecule has 14 heavy (non-hydrogen) atoms. The summed E-state index contributed by atoms with van der Waals surface area (Å²) in [5.74, 6) is 0. The summed E-state index contributed by atoms with van der Waals surface area (Å²) < 4.78 is 2.02. The number of allylic oxidation sites excluding steroid dienone is 1. The summed E-state index contributed by atoms with van der Waals surface area (Å²) in [7, 11) is 2.01. The summed E-state index contributed by atoms with van der Waals surface area (Å²) in [6.45, 7) is 3.67. The van der Waals surface area contributed by atoms with Crippen LogP contribution in [0.2, 0.25) is 0 Å². The summed E-state index contributed by atoms with van der Waals surface area (Å²) in [5.41, 5.74) is 0.657. The molecule has 2 nitrogen and oxygen atoms in total. The van der Waals surface area contributed by atoms with E-state index in [-0.39, 0.29) is 0 Å². The van der Waals surface area contributed by atoms with Crippen molar-refractivity contribution in [3.8, 4) is 0 Å². The van der Waals surface area contributed by atoms with E-state index in [1.165, 1.54) is 5.56 Å². The first-order valence-electron chi connectivity index (χ1n) is 4.98. The predicted molar refractivity (Wildman–Crippen MR) is 60.0 cm³/mol. The molecule has 0 bridgehead atoms. The SMILES string of the molecule is Cn1ccc(/C=C/CCC(C)(C)O)c1. The Balaban J connectivity index is 2.35.